The van der Waals surface area contributed by atoms with E-state index in [-0.39, 0.29) is 0 Å². The van der Waals surface area contributed by atoms with Crippen LogP contribution in [0.4, 0.5) is 0 Å². The predicted octanol–water partition coefficient (Wildman–Crippen LogP) is 2.23. The van der Waals surface area contributed by atoms with Gasteiger partial charge < -0.3 is 0 Å². The van der Waals surface area contributed by atoms with E-state index in [4.69, 9.17) is 0 Å². The fraction of sp³-hybridized carbons (Fsp3) is 0.200. The molecule has 1 aromatic heterocycles. The summed E-state index contributed by atoms with van der Waals surface area (Å²) < 4.78 is 0. The van der Waals surface area contributed by atoms with Crippen LogP contribution in [-0.4, -0.2) is 17.0 Å². The van der Waals surface area contributed by atoms with Crippen LogP contribution in [0.3, 0.4) is 0 Å². The van der Waals surface area contributed by atoms with Crippen LogP contribution in [-0.2, 0) is 0 Å². The van der Waals surface area contributed by atoms with Gasteiger partial charge in [-0.15, -0.1) is 0 Å². The van der Waals surface area contributed by atoms with Crippen molar-refractivity contribution >= 4 is 25.0 Å². The minimum absolute atomic E-state index is 0.603. The Morgan fingerprint density at radius 2 is 2.31 bits per heavy atom. The molecule has 0 aromatic carbocycles. The van der Waals surface area contributed by atoms with Gasteiger partial charge in [0, 0.05) is 11.8 Å². The van der Waals surface area contributed by atoms with Gasteiger partial charge in [-0.1, -0.05) is 6.08 Å². The van der Waals surface area contributed by atoms with Crippen molar-refractivity contribution < 1.29 is 4.79 Å². The quantitative estimate of drug-likeness (QED) is 0.587. The summed E-state index contributed by atoms with van der Waals surface area (Å²) in [5, 5.41) is 0. The first-order chi connectivity index (χ1) is 6.36. The molecule has 0 saturated carbocycles. The second-order valence-electron chi connectivity index (χ2n) is 2.55. The Labute approximate surface area is 83.1 Å². The van der Waals surface area contributed by atoms with Crippen molar-refractivity contribution in [1.82, 2.24) is 4.98 Å². The Hall–Kier alpha value is -1.09. The number of rotatable bonds is 4. The normalized spacial score (nSPS) is 10.5. The topological polar surface area (TPSA) is 30.0 Å². The Morgan fingerprint density at radius 1 is 1.46 bits per heavy atom. The molecule has 0 amide bonds. The molecule has 1 heterocycles. The molecule has 68 valence electrons. The summed E-state index contributed by atoms with van der Waals surface area (Å²) in [5.41, 5.74) is 1.47. The van der Waals surface area contributed by atoms with Crippen molar-refractivity contribution in [2.24, 2.45) is 0 Å². The van der Waals surface area contributed by atoms with Crippen LogP contribution in [0.5, 0.6) is 0 Å². The van der Waals surface area contributed by atoms with Gasteiger partial charge in [0.15, 0.2) is 6.29 Å². The Morgan fingerprint density at radius 3 is 2.85 bits per heavy atom. The number of hydrogen-bond acceptors (Lipinski definition) is 3. The van der Waals surface area contributed by atoms with E-state index in [2.05, 4.69) is 17.6 Å². The van der Waals surface area contributed by atoms with E-state index in [1.807, 2.05) is 18.2 Å². The van der Waals surface area contributed by atoms with Crippen LogP contribution in [0.1, 0.15) is 22.5 Å². The zero-order chi connectivity index (χ0) is 9.52. The van der Waals surface area contributed by atoms with E-state index in [0.717, 1.165) is 24.2 Å². The van der Waals surface area contributed by atoms with Crippen LogP contribution in [0.15, 0.2) is 24.4 Å². The second kappa shape index (κ2) is 5.54. The van der Waals surface area contributed by atoms with Gasteiger partial charge in [-0.05, 0) is 30.4 Å². The summed E-state index contributed by atoms with van der Waals surface area (Å²) in [4.78, 5) is 14.4. The van der Waals surface area contributed by atoms with E-state index in [1.165, 1.54) is 0 Å². The van der Waals surface area contributed by atoms with E-state index >= 15 is 0 Å². The maximum atomic E-state index is 10.3. The molecule has 13 heavy (non-hydrogen) atoms. The summed E-state index contributed by atoms with van der Waals surface area (Å²) in [5.74, 6) is 0.836. The highest BCUT2D eigenvalue weighted by molar-refractivity contribution is 7.80. The molecular formula is C10H11NOS. The monoisotopic (exact) mass is 193 g/mol. The van der Waals surface area contributed by atoms with Gasteiger partial charge in [0.25, 0.3) is 0 Å². The van der Waals surface area contributed by atoms with Crippen molar-refractivity contribution in [1.29, 1.82) is 0 Å². The molecule has 0 fully saturated rings. The maximum absolute atomic E-state index is 10.3. The lowest BCUT2D eigenvalue weighted by Crippen LogP contribution is -1.84. The Kier molecular flexibility index (Phi) is 4.26. The summed E-state index contributed by atoms with van der Waals surface area (Å²) in [6.07, 6.45) is 7.21. The lowest BCUT2D eigenvalue weighted by Gasteiger charge is -1.92. The number of nitrogens with zero attached hydrogens (tertiary/aromatic N) is 1. The molecule has 0 spiro atoms. The SMILES string of the molecule is O=Cc1ccc(C=CCCS)nc1. The van der Waals surface area contributed by atoms with Crippen LogP contribution < -0.4 is 0 Å². The van der Waals surface area contributed by atoms with Crippen molar-refractivity contribution in [2.45, 2.75) is 6.42 Å². The molecule has 0 bridgehead atoms. The highest BCUT2D eigenvalue weighted by Crippen LogP contribution is 2.01. The summed E-state index contributed by atoms with van der Waals surface area (Å²) in [7, 11) is 0. The van der Waals surface area contributed by atoms with Crippen molar-refractivity contribution in [3.63, 3.8) is 0 Å². The third kappa shape index (κ3) is 3.42. The Bertz CT molecular complexity index is 292. The van der Waals surface area contributed by atoms with Crippen LogP contribution in [0.2, 0.25) is 0 Å². The fourth-order valence-electron chi connectivity index (χ4n) is 0.864. The first-order valence-electron chi connectivity index (χ1n) is 4.05. The molecule has 0 aliphatic heterocycles. The number of thiol groups is 1. The van der Waals surface area contributed by atoms with Gasteiger partial charge in [-0.3, -0.25) is 9.78 Å². The first-order valence-corrected chi connectivity index (χ1v) is 4.68. The number of pyridine rings is 1. The van der Waals surface area contributed by atoms with Gasteiger partial charge in [0.2, 0.25) is 0 Å². The maximum Gasteiger partial charge on any atom is 0.151 e. The number of hydrogen-bond donors (Lipinski definition) is 1. The standard InChI is InChI=1S/C10H11NOS/c12-8-9-4-5-10(11-7-9)3-1-2-6-13/h1,3-5,7-8,13H,2,6H2. The van der Waals surface area contributed by atoms with Crippen molar-refractivity contribution in [3.8, 4) is 0 Å². The van der Waals surface area contributed by atoms with E-state index in [0.29, 0.717) is 5.56 Å². The third-order valence-corrected chi connectivity index (χ3v) is 1.79. The van der Waals surface area contributed by atoms with Gasteiger partial charge in [-0.2, -0.15) is 12.6 Å². The first kappa shape index (κ1) is 9.99. The second-order valence-corrected chi connectivity index (χ2v) is 3.00. The fourth-order valence-corrected chi connectivity index (χ4v) is 1.01. The zero-order valence-corrected chi connectivity index (χ0v) is 8.08. The number of aromatic nitrogens is 1. The minimum Gasteiger partial charge on any atom is -0.298 e. The van der Waals surface area contributed by atoms with E-state index < -0.39 is 0 Å². The molecule has 1 aromatic rings. The van der Waals surface area contributed by atoms with Gasteiger partial charge >= 0.3 is 0 Å². The highest BCUT2D eigenvalue weighted by Gasteiger charge is 1.89. The molecule has 0 unspecified atom stereocenters. The number of allylic oxidation sites excluding steroid dienone is 1. The van der Waals surface area contributed by atoms with E-state index in [1.54, 1.807) is 12.3 Å². The molecular weight excluding hydrogens is 182 g/mol. The molecule has 0 N–H and O–H groups in total. The summed E-state index contributed by atoms with van der Waals surface area (Å²) >= 11 is 4.08. The summed E-state index contributed by atoms with van der Waals surface area (Å²) in [6.45, 7) is 0. The molecule has 3 heteroatoms. The third-order valence-electron chi connectivity index (χ3n) is 1.53. The van der Waals surface area contributed by atoms with Gasteiger partial charge in [0.05, 0.1) is 5.69 Å². The molecule has 0 saturated heterocycles. The molecule has 1 rings (SSSR count). The van der Waals surface area contributed by atoms with Crippen molar-refractivity contribution in [3.05, 3.63) is 35.7 Å². The average Bonchev–Trinajstić information content (AvgIpc) is 2.19. The van der Waals surface area contributed by atoms with E-state index in [9.17, 15) is 4.79 Å². The number of carbonyl (C=O) groups excluding carboxylic acids is 1. The lowest BCUT2D eigenvalue weighted by atomic mass is 10.2. The average molecular weight is 193 g/mol. The van der Waals surface area contributed by atoms with Crippen molar-refractivity contribution in [2.75, 3.05) is 5.75 Å². The van der Waals surface area contributed by atoms with Gasteiger partial charge in [0.1, 0.15) is 0 Å². The number of carbonyl (C=O) groups is 1. The molecule has 2 nitrogen and oxygen atoms in total. The largest absolute Gasteiger partial charge is 0.298 e. The summed E-state index contributed by atoms with van der Waals surface area (Å²) in [6, 6.07) is 3.57. The molecule has 0 radical (unpaired) electrons. The number of aldehydes is 1. The molecule has 0 atom stereocenters. The van der Waals surface area contributed by atoms with Crippen LogP contribution >= 0.6 is 12.6 Å². The van der Waals surface area contributed by atoms with Crippen LogP contribution in [0.25, 0.3) is 6.08 Å². The lowest BCUT2D eigenvalue weighted by molar-refractivity contribution is 0.112. The highest BCUT2D eigenvalue weighted by atomic mass is 32.1. The van der Waals surface area contributed by atoms with Gasteiger partial charge in [-0.25, -0.2) is 0 Å². The van der Waals surface area contributed by atoms with Crippen LogP contribution in [0, 0.1) is 0 Å². The Balaban J connectivity index is 2.63. The molecule has 0 aliphatic carbocycles. The minimum atomic E-state index is 0.603. The smallest absolute Gasteiger partial charge is 0.151 e. The predicted molar refractivity (Wildman–Crippen MR) is 57.1 cm³/mol. The zero-order valence-electron chi connectivity index (χ0n) is 7.18. The molecule has 0 aliphatic rings.